The Labute approximate surface area is 76.1 Å². The Hall–Kier alpha value is -1.14. The fourth-order valence-corrected chi connectivity index (χ4v) is 1.65. The first kappa shape index (κ1) is 9.94. The summed E-state index contributed by atoms with van der Waals surface area (Å²) in [6.45, 7) is 0. The molecule has 0 bridgehead atoms. The van der Waals surface area contributed by atoms with Crippen LogP contribution in [-0.2, 0) is 10.0 Å². The van der Waals surface area contributed by atoms with E-state index in [1.807, 2.05) is 0 Å². The monoisotopic (exact) mass is 202 g/mol. The van der Waals surface area contributed by atoms with Crippen molar-refractivity contribution in [3.05, 3.63) is 28.6 Å². The van der Waals surface area contributed by atoms with Crippen molar-refractivity contribution in [3.8, 4) is 0 Å². The van der Waals surface area contributed by atoms with Gasteiger partial charge < -0.3 is 4.98 Å². The van der Waals surface area contributed by atoms with Gasteiger partial charge in [-0.3, -0.25) is 4.79 Å². The third-order valence-electron chi connectivity index (χ3n) is 1.50. The minimum atomic E-state index is -3.52. The first-order chi connectivity index (χ1) is 5.94. The molecule has 0 amide bonds. The van der Waals surface area contributed by atoms with Crippen LogP contribution in [0.5, 0.6) is 0 Å². The van der Waals surface area contributed by atoms with Gasteiger partial charge in [-0.25, -0.2) is 12.7 Å². The zero-order chi connectivity index (χ0) is 10.1. The molecule has 1 rings (SSSR count). The number of pyridine rings is 1. The summed E-state index contributed by atoms with van der Waals surface area (Å²) < 4.78 is 23.9. The minimum absolute atomic E-state index is 0.0926. The van der Waals surface area contributed by atoms with E-state index >= 15 is 0 Å². The number of hydrogen-bond donors (Lipinski definition) is 1. The topological polar surface area (TPSA) is 70.2 Å². The van der Waals surface area contributed by atoms with Crippen LogP contribution in [0.4, 0.5) is 0 Å². The van der Waals surface area contributed by atoms with Crippen molar-refractivity contribution in [1.29, 1.82) is 0 Å². The zero-order valence-electron chi connectivity index (χ0n) is 7.31. The molecule has 0 aliphatic heterocycles. The van der Waals surface area contributed by atoms with E-state index in [4.69, 9.17) is 0 Å². The van der Waals surface area contributed by atoms with Crippen molar-refractivity contribution < 1.29 is 8.42 Å². The molecule has 1 N–H and O–H groups in total. The largest absolute Gasteiger partial charge is 0.312 e. The lowest BCUT2D eigenvalue weighted by Crippen LogP contribution is -2.25. The van der Waals surface area contributed by atoms with Crippen LogP contribution < -0.4 is 5.56 Å². The second kappa shape index (κ2) is 3.31. The van der Waals surface area contributed by atoms with Crippen LogP contribution in [0.1, 0.15) is 0 Å². The molecule has 0 aromatic carbocycles. The fourth-order valence-electron chi connectivity index (χ4n) is 0.775. The van der Waals surface area contributed by atoms with Crippen molar-refractivity contribution >= 4 is 10.0 Å². The zero-order valence-corrected chi connectivity index (χ0v) is 8.13. The molecule has 13 heavy (non-hydrogen) atoms. The second-order valence-electron chi connectivity index (χ2n) is 2.67. The Bertz CT molecular complexity index is 447. The number of nitrogens with zero attached hydrogens (tertiary/aromatic N) is 1. The van der Waals surface area contributed by atoms with E-state index in [2.05, 4.69) is 4.98 Å². The summed E-state index contributed by atoms with van der Waals surface area (Å²) in [5, 5.41) is -0.0926. The molecule has 0 saturated heterocycles. The third-order valence-corrected chi connectivity index (χ3v) is 3.26. The van der Waals surface area contributed by atoms with Crippen LogP contribution >= 0.6 is 0 Å². The van der Waals surface area contributed by atoms with Gasteiger partial charge in [-0.2, -0.15) is 0 Å². The maximum absolute atomic E-state index is 11.4. The van der Waals surface area contributed by atoms with Crippen molar-refractivity contribution in [2.24, 2.45) is 0 Å². The van der Waals surface area contributed by atoms with Crippen LogP contribution in [0.2, 0.25) is 0 Å². The SMILES string of the molecule is CN(C)S(=O)(=O)c1cccc(=O)[nH]1. The smallest absolute Gasteiger partial charge is 0.258 e. The average molecular weight is 202 g/mol. The van der Waals surface area contributed by atoms with Crippen molar-refractivity contribution in [1.82, 2.24) is 9.29 Å². The number of aromatic amines is 1. The number of nitrogens with one attached hydrogen (secondary N) is 1. The van der Waals surface area contributed by atoms with Gasteiger partial charge >= 0.3 is 0 Å². The maximum Gasteiger partial charge on any atom is 0.258 e. The van der Waals surface area contributed by atoms with Crippen LogP contribution in [0.25, 0.3) is 0 Å². The highest BCUT2D eigenvalue weighted by molar-refractivity contribution is 7.89. The van der Waals surface area contributed by atoms with Gasteiger partial charge in [0.25, 0.3) is 10.0 Å². The first-order valence-corrected chi connectivity index (χ1v) is 5.00. The van der Waals surface area contributed by atoms with E-state index in [1.165, 1.54) is 32.3 Å². The summed E-state index contributed by atoms with van der Waals surface area (Å²) in [6, 6.07) is 4.00. The van der Waals surface area contributed by atoms with E-state index in [0.29, 0.717) is 0 Å². The molecule has 0 aliphatic rings. The van der Waals surface area contributed by atoms with E-state index in [9.17, 15) is 13.2 Å². The molecule has 0 saturated carbocycles. The Balaban J connectivity index is 3.32. The molecule has 0 fully saturated rings. The lowest BCUT2D eigenvalue weighted by atomic mass is 10.5. The maximum atomic E-state index is 11.4. The molecule has 0 atom stereocenters. The molecule has 1 aromatic rings. The van der Waals surface area contributed by atoms with Gasteiger partial charge in [-0.1, -0.05) is 6.07 Å². The Morgan fingerprint density at radius 1 is 1.31 bits per heavy atom. The van der Waals surface area contributed by atoms with Crippen LogP contribution in [0, 0.1) is 0 Å². The Morgan fingerprint density at radius 3 is 2.38 bits per heavy atom. The molecule has 0 unspecified atom stereocenters. The number of H-pyrrole nitrogens is 1. The molecule has 1 aromatic heterocycles. The van der Waals surface area contributed by atoms with E-state index in [1.54, 1.807) is 0 Å². The van der Waals surface area contributed by atoms with Gasteiger partial charge in [0.2, 0.25) is 5.56 Å². The second-order valence-corrected chi connectivity index (χ2v) is 4.79. The van der Waals surface area contributed by atoms with Gasteiger partial charge in [0.05, 0.1) is 0 Å². The summed E-state index contributed by atoms with van der Waals surface area (Å²) in [5.41, 5.74) is -0.428. The van der Waals surface area contributed by atoms with Gasteiger partial charge in [0, 0.05) is 20.2 Å². The van der Waals surface area contributed by atoms with Crippen molar-refractivity contribution in [3.63, 3.8) is 0 Å². The quantitative estimate of drug-likeness (QED) is 0.711. The summed E-state index contributed by atoms with van der Waals surface area (Å²) in [4.78, 5) is 13.1. The molecular formula is C7H10N2O3S. The summed E-state index contributed by atoms with van der Waals surface area (Å²) in [5.74, 6) is 0. The van der Waals surface area contributed by atoms with E-state index in [0.717, 1.165) is 4.31 Å². The number of aromatic nitrogens is 1. The van der Waals surface area contributed by atoms with Gasteiger partial charge in [0.15, 0.2) is 5.03 Å². The molecule has 72 valence electrons. The van der Waals surface area contributed by atoms with Gasteiger partial charge in [-0.05, 0) is 6.07 Å². The lowest BCUT2D eigenvalue weighted by molar-refractivity contribution is 0.516. The highest BCUT2D eigenvalue weighted by atomic mass is 32.2. The molecule has 0 radical (unpaired) electrons. The number of hydrogen-bond acceptors (Lipinski definition) is 3. The predicted molar refractivity (Wildman–Crippen MR) is 47.9 cm³/mol. The highest BCUT2D eigenvalue weighted by Crippen LogP contribution is 2.06. The standard InChI is InChI=1S/C7H10N2O3S/c1-9(2)13(11,12)7-5-3-4-6(10)8-7/h3-5H,1-2H3,(H,8,10). The highest BCUT2D eigenvalue weighted by Gasteiger charge is 2.17. The fraction of sp³-hybridized carbons (Fsp3) is 0.286. The van der Waals surface area contributed by atoms with Crippen LogP contribution in [0.3, 0.4) is 0 Å². The molecule has 6 heteroatoms. The molecule has 0 aliphatic carbocycles. The normalized spacial score (nSPS) is 11.9. The molecular weight excluding hydrogens is 192 g/mol. The molecule has 1 heterocycles. The van der Waals surface area contributed by atoms with Crippen molar-refractivity contribution in [2.75, 3.05) is 14.1 Å². The van der Waals surface area contributed by atoms with Crippen LogP contribution in [-0.4, -0.2) is 31.8 Å². The van der Waals surface area contributed by atoms with Crippen LogP contribution in [0.15, 0.2) is 28.0 Å². The van der Waals surface area contributed by atoms with Crippen molar-refractivity contribution in [2.45, 2.75) is 5.03 Å². The summed E-state index contributed by atoms with van der Waals surface area (Å²) in [7, 11) is -0.715. The minimum Gasteiger partial charge on any atom is -0.312 e. The third kappa shape index (κ3) is 1.96. The predicted octanol–water partition coefficient (Wildman–Crippen LogP) is -0.375. The van der Waals surface area contributed by atoms with Gasteiger partial charge in [-0.15, -0.1) is 0 Å². The molecule has 5 nitrogen and oxygen atoms in total. The number of rotatable bonds is 2. The average Bonchev–Trinajstić information content (AvgIpc) is 2.04. The van der Waals surface area contributed by atoms with E-state index in [-0.39, 0.29) is 5.03 Å². The lowest BCUT2D eigenvalue weighted by Gasteiger charge is -2.09. The number of sulfonamides is 1. The Morgan fingerprint density at radius 2 is 1.92 bits per heavy atom. The first-order valence-electron chi connectivity index (χ1n) is 3.56. The summed E-state index contributed by atoms with van der Waals surface area (Å²) in [6.07, 6.45) is 0. The Kier molecular flexibility index (Phi) is 2.53. The van der Waals surface area contributed by atoms with Gasteiger partial charge in [0.1, 0.15) is 0 Å². The van der Waals surface area contributed by atoms with E-state index < -0.39 is 15.6 Å². The summed E-state index contributed by atoms with van der Waals surface area (Å²) >= 11 is 0. The molecule has 0 spiro atoms.